The van der Waals surface area contributed by atoms with Crippen molar-refractivity contribution < 1.29 is 33.3 Å². The number of benzene rings is 6. The summed E-state index contributed by atoms with van der Waals surface area (Å²) < 4.78 is 28.7. The highest BCUT2D eigenvalue weighted by molar-refractivity contribution is 6.30. The van der Waals surface area contributed by atoms with Crippen molar-refractivity contribution in [3.8, 4) is 34.4 Å². The number of piperazine rings is 2. The Kier molecular flexibility index (Phi) is 19.5. The quantitative estimate of drug-likeness (QED) is 0.0697. The molecule has 2 saturated heterocycles. The maximum atomic E-state index is 14.3. The van der Waals surface area contributed by atoms with E-state index in [9.17, 15) is 24.0 Å². The average Bonchev–Trinajstić information content (AvgIpc) is 1.91. The molecule has 444 valence electrons. The third-order valence-corrected chi connectivity index (χ3v) is 15.0. The summed E-state index contributed by atoms with van der Waals surface area (Å²) >= 11 is 11.9. The average molecular weight is 1200 g/mol. The van der Waals surface area contributed by atoms with Gasteiger partial charge in [0.1, 0.15) is 40.9 Å². The molecule has 9 aromatic rings. The van der Waals surface area contributed by atoms with E-state index in [-0.39, 0.29) is 48.4 Å². The predicted molar refractivity (Wildman–Crippen MR) is 331 cm³/mol. The van der Waals surface area contributed by atoms with Gasteiger partial charge in [-0.15, -0.1) is 0 Å². The van der Waals surface area contributed by atoms with Crippen LogP contribution in [0.4, 0.5) is 0 Å². The summed E-state index contributed by atoms with van der Waals surface area (Å²) in [6.07, 6.45) is 5.92. The van der Waals surface area contributed by atoms with Crippen molar-refractivity contribution in [3.63, 3.8) is 0 Å². The molecule has 0 bridgehead atoms. The highest BCUT2D eigenvalue weighted by Gasteiger charge is 2.27. The van der Waals surface area contributed by atoms with Crippen molar-refractivity contribution in [1.29, 1.82) is 0 Å². The fraction of sp³-hybridized carbons (Fsp3) is 0.292. The van der Waals surface area contributed by atoms with Gasteiger partial charge in [-0.3, -0.25) is 42.9 Å². The predicted octanol–water partition coefficient (Wildman–Crippen LogP) is 9.16. The highest BCUT2D eigenvalue weighted by Crippen LogP contribution is 2.28. The smallest absolute Gasteiger partial charge is 0.266 e. The normalized spacial score (nSPS) is 13.9. The number of imidazole rings is 1. The van der Waals surface area contributed by atoms with Crippen LogP contribution in [0.15, 0.2) is 162 Å². The fourth-order valence-electron chi connectivity index (χ4n) is 10.2. The van der Waals surface area contributed by atoms with Gasteiger partial charge < -0.3 is 33.3 Å². The van der Waals surface area contributed by atoms with Crippen LogP contribution < -0.4 is 30.1 Å². The van der Waals surface area contributed by atoms with Gasteiger partial charge in [0, 0.05) is 86.9 Å². The molecule has 11 rings (SSSR count). The molecule has 0 saturated carbocycles. The highest BCUT2D eigenvalue weighted by atomic mass is 35.5. The number of nitrogens with zero attached hydrogens (tertiary/aromatic N) is 10. The van der Waals surface area contributed by atoms with E-state index in [1.807, 2.05) is 105 Å². The summed E-state index contributed by atoms with van der Waals surface area (Å²) in [5.74, 6) is 3.36. The summed E-state index contributed by atoms with van der Waals surface area (Å²) in [4.78, 5) is 87.2. The van der Waals surface area contributed by atoms with Gasteiger partial charge in [0.05, 0.1) is 64.8 Å². The SMILES string of the molecule is CC(C)Oc1ccccc1-n1c(CN2CCN(C(=O)COc3ccc(Cl)cc3)CC2)nc2ccc(C=O)cc2c1=O.CC(C)Oc1ccccc1-n1c(CN2CCN(C(=O)COc3ccc(Cl)cc3)CC2)nc2ccc(Cn3ccnc3)cc2c1=O. The first-order chi connectivity index (χ1) is 41.7. The van der Waals surface area contributed by atoms with Crippen LogP contribution in [-0.4, -0.2) is 144 Å². The second-order valence-corrected chi connectivity index (χ2v) is 22.3. The van der Waals surface area contributed by atoms with E-state index in [1.165, 1.54) is 0 Å². The van der Waals surface area contributed by atoms with Gasteiger partial charge in [0.2, 0.25) is 0 Å². The van der Waals surface area contributed by atoms with E-state index in [1.54, 1.807) is 98.2 Å². The molecule has 0 unspecified atom stereocenters. The van der Waals surface area contributed by atoms with Crippen molar-refractivity contribution in [2.45, 2.75) is 59.5 Å². The van der Waals surface area contributed by atoms with Crippen LogP contribution in [0.1, 0.15) is 55.3 Å². The number of amides is 2. The number of hydrogen-bond donors (Lipinski definition) is 0. The Bertz CT molecular complexity index is 3950. The zero-order valence-corrected chi connectivity index (χ0v) is 49.8. The van der Waals surface area contributed by atoms with Crippen LogP contribution in [-0.2, 0) is 29.2 Å². The Balaban J connectivity index is 0.000000192. The first kappa shape index (κ1) is 60.2. The molecule has 0 N–H and O–H groups in total. The third kappa shape index (κ3) is 15.0. The summed E-state index contributed by atoms with van der Waals surface area (Å²) in [5.41, 5.74) is 3.33. The number of hydrogen-bond acceptors (Lipinski definition) is 14. The molecule has 86 heavy (non-hydrogen) atoms. The maximum Gasteiger partial charge on any atom is 0.266 e. The van der Waals surface area contributed by atoms with Crippen molar-refractivity contribution in [2.75, 3.05) is 65.6 Å². The van der Waals surface area contributed by atoms with Crippen molar-refractivity contribution in [3.05, 3.63) is 206 Å². The largest absolute Gasteiger partial charge is 0.489 e. The van der Waals surface area contributed by atoms with Gasteiger partial charge in [0.25, 0.3) is 22.9 Å². The number of rotatable bonds is 19. The minimum absolute atomic E-state index is 0.0388. The Morgan fingerprint density at radius 1 is 0.558 bits per heavy atom. The van der Waals surface area contributed by atoms with Crippen LogP contribution in [0.25, 0.3) is 33.2 Å². The van der Waals surface area contributed by atoms with Gasteiger partial charge in [-0.2, -0.15) is 0 Å². The lowest BCUT2D eigenvalue weighted by Crippen LogP contribution is -2.50. The molecule has 2 aliphatic heterocycles. The van der Waals surface area contributed by atoms with E-state index < -0.39 is 0 Å². The van der Waals surface area contributed by atoms with E-state index in [0.717, 1.165) is 5.56 Å². The molecule has 2 amide bonds. The Morgan fingerprint density at radius 2 is 1.01 bits per heavy atom. The Hall–Kier alpha value is -8.88. The van der Waals surface area contributed by atoms with Gasteiger partial charge in [-0.1, -0.05) is 53.5 Å². The molecule has 3 aromatic heterocycles. The van der Waals surface area contributed by atoms with Crippen LogP contribution in [0, 0.1) is 0 Å². The molecular weight excluding hydrogens is 1140 g/mol. The number of aromatic nitrogens is 6. The number of carbonyl (C=O) groups excluding carboxylic acids is 3. The van der Waals surface area contributed by atoms with Gasteiger partial charge in [-0.25, -0.2) is 15.0 Å². The lowest BCUT2D eigenvalue weighted by Gasteiger charge is -2.34. The Labute approximate surface area is 507 Å². The van der Waals surface area contributed by atoms with Crippen LogP contribution >= 0.6 is 23.2 Å². The second kappa shape index (κ2) is 27.9. The van der Waals surface area contributed by atoms with E-state index in [4.69, 9.17) is 52.1 Å². The van der Waals surface area contributed by atoms with Crippen LogP contribution in [0.2, 0.25) is 10.0 Å². The van der Waals surface area contributed by atoms with E-state index in [2.05, 4.69) is 14.8 Å². The minimum atomic E-state index is -0.276. The van der Waals surface area contributed by atoms with E-state index >= 15 is 0 Å². The molecular formula is C65H66Cl2N10O9. The summed E-state index contributed by atoms with van der Waals surface area (Å²) in [7, 11) is 0. The van der Waals surface area contributed by atoms with Crippen LogP contribution in [0.3, 0.4) is 0 Å². The molecule has 2 aliphatic rings. The number of aldehydes is 1. The molecule has 6 aromatic carbocycles. The molecule has 19 nitrogen and oxygen atoms in total. The molecule has 21 heteroatoms. The number of para-hydroxylation sites is 4. The van der Waals surface area contributed by atoms with Gasteiger partial charge >= 0.3 is 0 Å². The molecule has 0 aliphatic carbocycles. The summed E-state index contributed by atoms with van der Waals surface area (Å²) in [6, 6.07) is 39.5. The topological polar surface area (TPSA) is 189 Å². The second-order valence-electron chi connectivity index (χ2n) is 21.4. The number of fused-ring (bicyclic) bond motifs is 2. The molecule has 0 spiro atoms. The number of carbonyl (C=O) groups is 3. The molecule has 0 radical (unpaired) electrons. The molecule has 5 heterocycles. The zero-order valence-electron chi connectivity index (χ0n) is 48.3. The minimum Gasteiger partial charge on any atom is -0.489 e. The van der Waals surface area contributed by atoms with E-state index in [0.29, 0.717) is 162 Å². The van der Waals surface area contributed by atoms with Crippen molar-refractivity contribution in [1.82, 2.24) is 48.3 Å². The number of ether oxygens (including phenoxy) is 4. The fourth-order valence-corrected chi connectivity index (χ4v) is 10.5. The van der Waals surface area contributed by atoms with Gasteiger partial charge in [0.15, 0.2) is 13.2 Å². The first-order valence-corrected chi connectivity index (χ1v) is 29.2. The third-order valence-electron chi connectivity index (χ3n) is 14.5. The monoisotopic (exact) mass is 1200 g/mol. The lowest BCUT2D eigenvalue weighted by atomic mass is 10.1. The van der Waals surface area contributed by atoms with Gasteiger partial charge in [-0.05, 0) is 136 Å². The zero-order chi connectivity index (χ0) is 60.3. The van der Waals surface area contributed by atoms with Crippen LogP contribution in [0.5, 0.6) is 23.0 Å². The summed E-state index contributed by atoms with van der Waals surface area (Å²) in [5, 5.41) is 2.11. The van der Waals surface area contributed by atoms with Crippen molar-refractivity contribution in [2.24, 2.45) is 0 Å². The lowest BCUT2D eigenvalue weighted by molar-refractivity contribution is -0.135. The maximum absolute atomic E-state index is 14.3. The first-order valence-electron chi connectivity index (χ1n) is 28.5. The van der Waals surface area contributed by atoms with Crippen molar-refractivity contribution >= 4 is 63.1 Å². The molecule has 0 atom stereocenters. The number of halogens is 2. The summed E-state index contributed by atoms with van der Waals surface area (Å²) in [6.45, 7) is 13.7. The molecule has 2 fully saturated rings. The Morgan fingerprint density at radius 3 is 1.45 bits per heavy atom. The standard InChI is InChI=1S/C34H35ClN6O4.C31H31ClN4O5/c1-24(2)45-31-6-4-3-5-30(31)41-32(37-29-12-7-25(19-28(29)34(41)43)20-39-14-13-36-23-39)21-38-15-17-40(18-16-38)33(42)22-44-27-10-8-26(35)9-11-27;1-21(2)41-28-6-4-3-5-27(28)36-29(33-26-12-7-22(19-37)17-25(26)31(36)39)18-34-13-15-35(16-14-34)30(38)20-40-24-10-8-23(32)9-11-24/h3-14,19,23-24H,15-18,20-22H2,1-2H3;3-12,17,19,21H,13-16,18,20H2,1-2H3.